The van der Waals surface area contributed by atoms with E-state index in [1.807, 2.05) is 18.2 Å². The lowest BCUT2D eigenvalue weighted by atomic mass is 9.59. The average molecular weight is 765 g/mol. The number of rotatable bonds is 3. The molecule has 1 heterocycles. The van der Waals surface area contributed by atoms with Gasteiger partial charge in [-0.15, -0.1) is 0 Å². The fraction of sp³-hybridized carbons (Fsp3) is 0.241. The number of carbonyl (C=O) groups is 4. The first kappa shape index (κ1) is 26.6. The molecule has 1 saturated heterocycles. The predicted molar refractivity (Wildman–Crippen MR) is 159 cm³/mol. The van der Waals surface area contributed by atoms with Crippen LogP contribution in [0.4, 0.5) is 5.69 Å². The Morgan fingerprint density at radius 1 is 1.03 bits per heavy atom. The molecule has 0 radical (unpaired) electrons. The van der Waals surface area contributed by atoms with Gasteiger partial charge < -0.3 is 9.84 Å². The molecule has 0 bridgehead atoms. The van der Waals surface area contributed by atoms with Crippen LogP contribution in [-0.4, -0.2) is 35.6 Å². The van der Waals surface area contributed by atoms with Crippen LogP contribution in [0.25, 0.3) is 0 Å². The molecular formula is C29H20Br2INO6. The van der Waals surface area contributed by atoms with E-state index in [9.17, 15) is 24.3 Å². The Labute approximate surface area is 254 Å². The van der Waals surface area contributed by atoms with Crippen LogP contribution in [0.2, 0.25) is 0 Å². The Balaban J connectivity index is 1.52. The van der Waals surface area contributed by atoms with Crippen molar-refractivity contribution in [2.45, 2.75) is 18.8 Å². The Kier molecular flexibility index (Phi) is 6.70. The van der Waals surface area contributed by atoms with E-state index in [-0.39, 0.29) is 51.4 Å². The monoisotopic (exact) mass is 763 g/mol. The third kappa shape index (κ3) is 4.09. The lowest BCUT2D eigenvalue weighted by Crippen LogP contribution is -2.39. The van der Waals surface area contributed by atoms with Crippen LogP contribution >= 0.6 is 54.5 Å². The van der Waals surface area contributed by atoms with Gasteiger partial charge in [0.2, 0.25) is 11.8 Å². The number of aromatic hydroxyl groups is 1. The molecule has 39 heavy (non-hydrogen) atoms. The molecular weight excluding hydrogens is 745 g/mol. The van der Waals surface area contributed by atoms with Crippen molar-refractivity contribution in [1.29, 1.82) is 0 Å². The van der Waals surface area contributed by atoms with Gasteiger partial charge in [-0.25, -0.2) is 0 Å². The minimum atomic E-state index is -0.783. The highest BCUT2D eigenvalue weighted by atomic mass is 127. The topological polar surface area (TPSA) is 101 Å². The number of amides is 2. The maximum atomic E-state index is 13.9. The summed E-state index contributed by atoms with van der Waals surface area (Å²) < 4.78 is 7.12. The van der Waals surface area contributed by atoms with Gasteiger partial charge in [0.25, 0.3) is 0 Å². The van der Waals surface area contributed by atoms with Gasteiger partial charge in [-0.3, -0.25) is 24.1 Å². The van der Waals surface area contributed by atoms with Crippen molar-refractivity contribution < 1.29 is 29.0 Å². The summed E-state index contributed by atoms with van der Waals surface area (Å²) in [7, 11) is 1.43. The summed E-state index contributed by atoms with van der Waals surface area (Å²) in [5, 5.41) is 11.2. The SMILES string of the molecule is COc1cc(Br)cc(C2C3=CCC4C(=O)N(c5ccc(I)cc5)C(=O)C4C3CC3=C2C(=O)C=C(Br)C3=O)c1O. The molecule has 2 aromatic rings. The van der Waals surface area contributed by atoms with Crippen molar-refractivity contribution in [3.05, 3.63) is 83.4 Å². The number of halogens is 3. The van der Waals surface area contributed by atoms with Gasteiger partial charge in [-0.1, -0.05) is 27.6 Å². The highest BCUT2D eigenvalue weighted by Gasteiger charge is 2.57. The van der Waals surface area contributed by atoms with Crippen LogP contribution in [-0.2, 0) is 19.2 Å². The molecule has 6 rings (SSSR count). The Bertz CT molecular complexity index is 1590. The Morgan fingerprint density at radius 3 is 2.44 bits per heavy atom. The first-order valence-corrected chi connectivity index (χ1v) is 14.9. The number of hydrogen-bond acceptors (Lipinski definition) is 6. The summed E-state index contributed by atoms with van der Waals surface area (Å²) >= 11 is 8.86. The van der Waals surface area contributed by atoms with Gasteiger partial charge in [-0.2, -0.15) is 0 Å². The number of methoxy groups -OCH3 is 1. The highest BCUT2D eigenvalue weighted by molar-refractivity contribution is 14.1. The summed E-state index contributed by atoms with van der Waals surface area (Å²) in [5.74, 6) is -3.75. The van der Waals surface area contributed by atoms with Crippen molar-refractivity contribution in [2.75, 3.05) is 12.0 Å². The van der Waals surface area contributed by atoms with Crippen molar-refractivity contribution in [1.82, 2.24) is 0 Å². The molecule has 0 aromatic heterocycles. The van der Waals surface area contributed by atoms with Gasteiger partial charge in [0.15, 0.2) is 23.1 Å². The molecule has 1 N–H and O–H groups in total. The standard InChI is InChI=1S/C29H20Br2INO6/c1-39-22-9-12(30)8-18(27(22)36)23-15-6-7-16-24(17(15)10-19-25(23)21(34)11-20(31)26(19)35)29(38)33(28(16)37)14-4-2-13(32)3-5-14/h2-6,8-9,11,16-17,23-24,36H,7,10H2,1H3. The smallest absolute Gasteiger partial charge is 0.238 e. The van der Waals surface area contributed by atoms with Crippen LogP contribution in [0, 0.1) is 21.3 Å². The first-order valence-electron chi connectivity index (χ1n) is 12.2. The van der Waals surface area contributed by atoms with E-state index in [1.54, 1.807) is 24.3 Å². The number of phenols is 1. The minimum absolute atomic E-state index is 0.148. The number of Topliss-reactive ketones (excluding diaryl/α,β-unsaturated/α-hetero) is 1. The second kappa shape index (κ2) is 9.81. The number of phenolic OH excluding ortho intramolecular Hbond substituents is 1. The van der Waals surface area contributed by atoms with Crippen LogP contribution < -0.4 is 9.64 Å². The molecule has 0 saturated carbocycles. The largest absolute Gasteiger partial charge is 0.504 e. The second-order valence-corrected chi connectivity index (χ2v) is 12.9. The molecule has 3 aliphatic carbocycles. The van der Waals surface area contributed by atoms with Crippen LogP contribution in [0.1, 0.15) is 24.3 Å². The molecule has 4 atom stereocenters. The molecule has 4 unspecified atom stereocenters. The maximum absolute atomic E-state index is 13.9. The molecule has 2 amide bonds. The first-order chi connectivity index (χ1) is 18.6. The van der Waals surface area contributed by atoms with Crippen LogP contribution in [0.5, 0.6) is 11.5 Å². The molecule has 198 valence electrons. The number of carbonyl (C=O) groups excluding carboxylic acids is 4. The van der Waals surface area contributed by atoms with E-state index in [2.05, 4.69) is 54.5 Å². The highest BCUT2D eigenvalue weighted by Crippen LogP contribution is 2.57. The van der Waals surface area contributed by atoms with Crippen LogP contribution in [0.15, 0.2) is 74.2 Å². The van der Waals surface area contributed by atoms with E-state index < -0.39 is 23.7 Å². The van der Waals surface area contributed by atoms with E-state index in [1.165, 1.54) is 18.1 Å². The van der Waals surface area contributed by atoms with Gasteiger partial charge in [0, 0.05) is 36.7 Å². The predicted octanol–water partition coefficient (Wildman–Crippen LogP) is 5.73. The summed E-state index contributed by atoms with van der Waals surface area (Å²) in [6.07, 6.45) is 3.64. The van der Waals surface area contributed by atoms with E-state index >= 15 is 0 Å². The number of ketones is 2. The number of allylic oxidation sites excluding steroid dienone is 6. The fourth-order valence-corrected chi connectivity index (χ4v) is 7.64. The third-order valence-electron chi connectivity index (χ3n) is 8.02. The lowest BCUT2D eigenvalue weighted by molar-refractivity contribution is -0.123. The maximum Gasteiger partial charge on any atom is 0.238 e. The molecule has 1 fully saturated rings. The number of hydrogen-bond donors (Lipinski definition) is 1. The number of nitrogens with zero attached hydrogens (tertiary/aromatic N) is 1. The van der Waals surface area contributed by atoms with Crippen molar-refractivity contribution in [3.63, 3.8) is 0 Å². The quantitative estimate of drug-likeness (QED) is 0.186. The molecule has 0 spiro atoms. The van der Waals surface area contributed by atoms with Crippen molar-refractivity contribution in [3.8, 4) is 11.5 Å². The van der Waals surface area contributed by atoms with E-state index in [0.717, 1.165) is 9.14 Å². The molecule has 7 nitrogen and oxygen atoms in total. The number of anilines is 1. The average Bonchev–Trinajstić information content (AvgIpc) is 3.17. The molecule has 2 aromatic carbocycles. The minimum Gasteiger partial charge on any atom is -0.504 e. The Hall–Kier alpha value is -2.57. The number of fused-ring (bicyclic) bond motifs is 3. The third-order valence-corrected chi connectivity index (χ3v) is 9.78. The lowest BCUT2D eigenvalue weighted by Gasteiger charge is -2.42. The zero-order valence-electron chi connectivity index (χ0n) is 20.4. The number of benzene rings is 2. The van der Waals surface area contributed by atoms with Crippen LogP contribution in [0.3, 0.4) is 0 Å². The van der Waals surface area contributed by atoms with E-state index in [4.69, 9.17) is 4.74 Å². The fourth-order valence-electron chi connectivity index (χ4n) is 6.38. The number of imide groups is 1. The van der Waals surface area contributed by atoms with Crippen molar-refractivity contribution in [2.24, 2.45) is 17.8 Å². The number of ether oxygens (including phenoxy) is 1. The zero-order chi connectivity index (χ0) is 27.7. The van der Waals surface area contributed by atoms with Gasteiger partial charge in [0.1, 0.15) is 0 Å². The van der Waals surface area contributed by atoms with Gasteiger partial charge in [0.05, 0.1) is 29.1 Å². The zero-order valence-corrected chi connectivity index (χ0v) is 25.7. The molecule has 4 aliphatic rings. The Morgan fingerprint density at radius 2 is 1.74 bits per heavy atom. The van der Waals surface area contributed by atoms with Gasteiger partial charge in [-0.05, 0) is 93.7 Å². The summed E-state index contributed by atoms with van der Waals surface area (Å²) in [6, 6.07) is 10.5. The second-order valence-electron chi connectivity index (χ2n) is 9.93. The normalized spacial score (nSPS) is 26.2. The van der Waals surface area contributed by atoms with Gasteiger partial charge >= 0.3 is 0 Å². The summed E-state index contributed by atoms with van der Waals surface area (Å²) in [5.41, 5.74) is 2.24. The van der Waals surface area contributed by atoms with E-state index in [0.29, 0.717) is 27.7 Å². The van der Waals surface area contributed by atoms with Crippen molar-refractivity contribution >= 4 is 83.5 Å². The molecule has 1 aliphatic heterocycles. The summed E-state index contributed by atoms with van der Waals surface area (Å²) in [6.45, 7) is 0. The summed E-state index contributed by atoms with van der Waals surface area (Å²) in [4.78, 5) is 55.5. The molecule has 10 heteroatoms.